The molecular weight excluding hydrogens is 424 g/mol. The lowest BCUT2D eigenvalue weighted by atomic mass is 9.33. The Morgan fingerprint density at radius 2 is 1.50 bits per heavy atom. The average molecular weight is 473 g/mol. The van der Waals surface area contributed by atoms with Crippen LogP contribution in [0, 0.1) is 50.2 Å². The van der Waals surface area contributed by atoms with Gasteiger partial charge in [0.05, 0.1) is 5.41 Å². The summed E-state index contributed by atoms with van der Waals surface area (Å²) >= 11 is 0. The fraction of sp³-hybridized carbons (Fsp3) is 0.900. The highest BCUT2D eigenvalue weighted by Crippen LogP contribution is 2.76. The molecule has 192 valence electrons. The summed E-state index contributed by atoms with van der Waals surface area (Å²) in [4.78, 5) is 12.8. The highest BCUT2D eigenvalue weighted by Gasteiger charge is 2.70. The zero-order chi connectivity index (χ0) is 25.2. The number of aliphatic carboxylic acids is 1. The molecule has 0 aromatic heterocycles. The molecule has 3 N–H and O–H groups in total. The number of hydrogen-bond donors (Lipinski definition) is 3. The molecule has 1 unspecified atom stereocenters. The molecular formula is C30H48O4. The predicted octanol–water partition coefficient (Wildman–Crippen LogP) is 6.55. The van der Waals surface area contributed by atoms with Gasteiger partial charge in [0.2, 0.25) is 0 Å². The first-order chi connectivity index (χ1) is 15.5. The van der Waals surface area contributed by atoms with Crippen LogP contribution in [0.15, 0.2) is 11.6 Å². The molecule has 5 aliphatic rings. The molecule has 0 radical (unpaired) electrons. The van der Waals surface area contributed by atoms with Crippen LogP contribution in [0.2, 0.25) is 0 Å². The Kier molecular flexibility index (Phi) is 5.04. The molecule has 0 spiro atoms. The van der Waals surface area contributed by atoms with E-state index in [1.807, 2.05) is 0 Å². The largest absolute Gasteiger partial charge is 0.481 e. The number of aliphatic hydroxyl groups is 2. The van der Waals surface area contributed by atoms with Gasteiger partial charge in [-0.15, -0.1) is 0 Å². The third kappa shape index (κ3) is 2.82. The van der Waals surface area contributed by atoms with Gasteiger partial charge in [0.1, 0.15) is 0 Å². The zero-order valence-corrected chi connectivity index (χ0v) is 22.6. The molecule has 4 fully saturated rings. The molecule has 34 heavy (non-hydrogen) atoms. The summed E-state index contributed by atoms with van der Waals surface area (Å²) in [6, 6.07) is 0. The monoisotopic (exact) mass is 472 g/mol. The van der Waals surface area contributed by atoms with Crippen molar-refractivity contribution in [3.8, 4) is 0 Å². The van der Waals surface area contributed by atoms with Gasteiger partial charge >= 0.3 is 5.97 Å². The van der Waals surface area contributed by atoms with E-state index in [1.165, 1.54) is 5.57 Å². The van der Waals surface area contributed by atoms with E-state index in [0.29, 0.717) is 12.3 Å². The van der Waals surface area contributed by atoms with Crippen LogP contribution in [0.3, 0.4) is 0 Å². The Morgan fingerprint density at radius 1 is 0.853 bits per heavy atom. The fourth-order valence-electron chi connectivity index (χ4n) is 10.6. The molecule has 0 aromatic carbocycles. The van der Waals surface area contributed by atoms with Crippen molar-refractivity contribution < 1.29 is 20.1 Å². The molecule has 0 bridgehead atoms. The first-order valence-electron chi connectivity index (χ1n) is 13.9. The summed E-state index contributed by atoms with van der Waals surface area (Å²) in [5, 5.41) is 32.3. The van der Waals surface area contributed by atoms with Crippen molar-refractivity contribution in [2.45, 2.75) is 118 Å². The summed E-state index contributed by atoms with van der Waals surface area (Å²) in [5.74, 6) is -1.28. The van der Waals surface area contributed by atoms with Crippen LogP contribution >= 0.6 is 0 Å². The summed E-state index contributed by atoms with van der Waals surface area (Å²) in [7, 11) is 0. The Hall–Kier alpha value is -0.870. The maximum absolute atomic E-state index is 12.8. The molecule has 4 heteroatoms. The first-order valence-corrected chi connectivity index (χ1v) is 13.9. The lowest BCUT2D eigenvalue weighted by molar-refractivity contribution is -0.311. The van der Waals surface area contributed by atoms with Gasteiger partial charge in [-0.2, -0.15) is 0 Å². The van der Waals surface area contributed by atoms with Crippen molar-refractivity contribution in [3.05, 3.63) is 11.6 Å². The van der Waals surface area contributed by atoms with E-state index in [-0.39, 0.29) is 33.5 Å². The molecule has 4 nitrogen and oxygen atoms in total. The standard InChI is InChI=1S/C30H48O4/c1-24(2)12-15-29(23(31)32)16-14-27(6)19(20(29)18-24)8-9-22-26(5)13-17-30(33,34)25(3,4)21(26)10-11-28(22,27)7/h8,20-22,33-34H,9-18H2,1-7H3,(H,31,32)/t20-,21?,22-,26+,27-,28-,29+/m1/s1. The first kappa shape index (κ1) is 24.8. The van der Waals surface area contributed by atoms with Crippen LogP contribution in [-0.4, -0.2) is 27.1 Å². The van der Waals surface area contributed by atoms with Gasteiger partial charge in [-0.1, -0.05) is 60.1 Å². The highest BCUT2D eigenvalue weighted by atomic mass is 16.5. The van der Waals surface area contributed by atoms with Crippen molar-refractivity contribution in [2.24, 2.45) is 50.2 Å². The number of rotatable bonds is 1. The second-order valence-corrected chi connectivity index (χ2v) is 15.2. The fourth-order valence-corrected chi connectivity index (χ4v) is 10.6. The second kappa shape index (κ2) is 6.91. The number of carbonyl (C=O) groups is 1. The maximum Gasteiger partial charge on any atom is 0.310 e. The molecule has 5 rings (SSSR count). The minimum Gasteiger partial charge on any atom is -0.481 e. The Balaban J connectivity index is 1.60. The van der Waals surface area contributed by atoms with Crippen molar-refractivity contribution >= 4 is 5.97 Å². The summed E-state index contributed by atoms with van der Waals surface area (Å²) < 4.78 is 0. The Morgan fingerprint density at radius 3 is 2.15 bits per heavy atom. The quantitative estimate of drug-likeness (QED) is 0.298. The average Bonchev–Trinajstić information content (AvgIpc) is 2.71. The van der Waals surface area contributed by atoms with Crippen LogP contribution in [0.4, 0.5) is 0 Å². The molecule has 0 amide bonds. The highest BCUT2D eigenvalue weighted by molar-refractivity contribution is 5.76. The van der Waals surface area contributed by atoms with E-state index in [2.05, 4.69) is 54.5 Å². The number of carboxylic acids is 1. The minimum absolute atomic E-state index is 0.0119. The smallest absolute Gasteiger partial charge is 0.310 e. The van der Waals surface area contributed by atoms with E-state index >= 15 is 0 Å². The lowest BCUT2D eigenvalue weighted by Crippen LogP contribution is -2.67. The molecule has 0 aliphatic heterocycles. The molecule has 0 heterocycles. The summed E-state index contributed by atoms with van der Waals surface area (Å²) in [5.41, 5.74) is 0.694. The third-order valence-corrected chi connectivity index (χ3v) is 13.2. The molecule has 4 saturated carbocycles. The van der Waals surface area contributed by atoms with Crippen molar-refractivity contribution in [1.82, 2.24) is 0 Å². The van der Waals surface area contributed by atoms with Crippen LogP contribution in [0.5, 0.6) is 0 Å². The predicted molar refractivity (Wildman–Crippen MR) is 134 cm³/mol. The number of carboxylic acid groups (broad SMARTS) is 1. The van der Waals surface area contributed by atoms with Gasteiger partial charge in [-0.05, 0) is 97.2 Å². The SMILES string of the molecule is CC1(C)CC[C@]2(C(=O)O)CC[C@]3(C)C(=CC[C@@H]4[C@@]5(C)CCC(O)(O)C(C)(C)C5CC[C@]43C)[C@H]2C1. The van der Waals surface area contributed by atoms with E-state index in [9.17, 15) is 20.1 Å². The number of allylic oxidation sites excluding steroid dienone is 2. The normalized spacial score (nSPS) is 50.6. The number of hydrogen-bond acceptors (Lipinski definition) is 3. The third-order valence-electron chi connectivity index (χ3n) is 13.2. The zero-order valence-electron chi connectivity index (χ0n) is 22.6. The number of fused-ring (bicyclic) bond motifs is 7. The summed E-state index contributed by atoms with van der Waals surface area (Å²) in [6.45, 7) is 16.2. The molecule has 0 aromatic rings. The topological polar surface area (TPSA) is 77.8 Å². The van der Waals surface area contributed by atoms with Crippen molar-refractivity contribution in [1.29, 1.82) is 0 Å². The van der Waals surface area contributed by atoms with Crippen LogP contribution < -0.4 is 0 Å². The Labute approximate surface area is 206 Å². The minimum atomic E-state index is -1.61. The maximum atomic E-state index is 12.8. The van der Waals surface area contributed by atoms with Crippen LogP contribution in [0.1, 0.15) is 113 Å². The van der Waals surface area contributed by atoms with E-state index in [1.54, 1.807) is 0 Å². The van der Waals surface area contributed by atoms with Gasteiger partial charge in [-0.3, -0.25) is 4.79 Å². The van der Waals surface area contributed by atoms with Crippen LogP contribution in [-0.2, 0) is 4.79 Å². The van der Waals surface area contributed by atoms with Crippen LogP contribution in [0.25, 0.3) is 0 Å². The molecule has 7 atom stereocenters. The molecule has 0 saturated heterocycles. The van der Waals surface area contributed by atoms with E-state index in [4.69, 9.17) is 0 Å². The Bertz CT molecular complexity index is 930. The van der Waals surface area contributed by atoms with Gasteiger partial charge in [0.25, 0.3) is 0 Å². The van der Waals surface area contributed by atoms with Crippen molar-refractivity contribution in [2.75, 3.05) is 0 Å². The molecule has 5 aliphatic carbocycles. The van der Waals surface area contributed by atoms with Gasteiger partial charge in [0, 0.05) is 11.8 Å². The van der Waals surface area contributed by atoms with E-state index < -0.39 is 22.6 Å². The van der Waals surface area contributed by atoms with Gasteiger partial charge in [-0.25, -0.2) is 0 Å². The van der Waals surface area contributed by atoms with Gasteiger partial charge < -0.3 is 15.3 Å². The van der Waals surface area contributed by atoms with Gasteiger partial charge in [0.15, 0.2) is 5.79 Å². The summed E-state index contributed by atoms with van der Waals surface area (Å²) in [6.07, 6.45) is 11.4. The lowest BCUT2D eigenvalue weighted by Gasteiger charge is -2.71. The van der Waals surface area contributed by atoms with Crippen molar-refractivity contribution in [3.63, 3.8) is 0 Å². The van der Waals surface area contributed by atoms with E-state index in [0.717, 1.165) is 57.8 Å². The second-order valence-electron chi connectivity index (χ2n) is 15.2.